The van der Waals surface area contributed by atoms with E-state index >= 15 is 0 Å². The predicted molar refractivity (Wildman–Crippen MR) is 76.6 cm³/mol. The van der Waals surface area contributed by atoms with Gasteiger partial charge in [0.05, 0.1) is 0 Å². The van der Waals surface area contributed by atoms with Gasteiger partial charge >= 0.3 is 0 Å². The van der Waals surface area contributed by atoms with Gasteiger partial charge in [-0.3, -0.25) is 0 Å². The highest BCUT2D eigenvalue weighted by Gasteiger charge is 2.06. The molecule has 0 saturated heterocycles. The lowest BCUT2D eigenvalue weighted by Gasteiger charge is -2.20. The van der Waals surface area contributed by atoms with Gasteiger partial charge in [-0.05, 0) is 37.6 Å². The smallest absolute Gasteiger partial charge is 0.0363 e. The fourth-order valence-corrected chi connectivity index (χ4v) is 1.98. The molecule has 1 unspecified atom stereocenters. The summed E-state index contributed by atoms with van der Waals surface area (Å²) in [4.78, 5) is 2.26. The van der Waals surface area contributed by atoms with Crippen LogP contribution in [0.2, 0.25) is 0 Å². The van der Waals surface area contributed by atoms with E-state index in [-0.39, 0.29) is 0 Å². The maximum atomic E-state index is 3.75. The summed E-state index contributed by atoms with van der Waals surface area (Å²) in [5, 5.41) is 3.32. The molecule has 1 rings (SSSR count). The highest BCUT2D eigenvalue weighted by atomic mass is 15.1. The number of benzene rings is 1. The van der Waals surface area contributed by atoms with Crippen molar-refractivity contribution in [2.45, 2.75) is 25.8 Å². The van der Waals surface area contributed by atoms with Gasteiger partial charge in [0, 0.05) is 25.3 Å². The minimum Gasteiger partial charge on any atom is -0.374 e. The second-order valence-corrected chi connectivity index (χ2v) is 4.34. The fourth-order valence-electron chi connectivity index (χ4n) is 1.98. The van der Waals surface area contributed by atoms with Gasteiger partial charge in [-0.2, -0.15) is 0 Å². The maximum absolute atomic E-state index is 3.75. The molecule has 0 fully saturated rings. The number of hydrogen-bond donors (Lipinski definition) is 1. The molecular formula is C15H24N2. The van der Waals surface area contributed by atoms with E-state index in [2.05, 4.69) is 55.0 Å². The highest BCUT2D eigenvalue weighted by Crippen LogP contribution is 2.20. The average Bonchev–Trinajstić information content (AvgIpc) is 2.38. The third-order valence-corrected chi connectivity index (χ3v) is 3.16. The third-order valence-electron chi connectivity index (χ3n) is 3.16. The molecule has 1 aromatic rings. The fraction of sp³-hybridized carbons (Fsp3) is 0.467. The van der Waals surface area contributed by atoms with Crippen LogP contribution in [0.15, 0.2) is 36.9 Å². The molecular weight excluding hydrogens is 208 g/mol. The van der Waals surface area contributed by atoms with Crippen molar-refractivity contribution in [3.8, 4) is 0 Å². The van der Waals surface area contributed by atoms with E-state index in [1.807, 2.05) is 13.1 Å². The molecule has 0 spiro atoms. The third kappa shape index (κ3) is 3.90. The summed E-state index contributed by atoms with van der Waals surface area (Å²) in [6, 6.07) is 9.27. The van der Waals surface area contributed by atoms with E-state index in [1.54, 1.807) is 0 Å². The summed E-state index contributed by atoms with van der Waals surface area (Å²) in [7, 11) is 4.13. The summed E-state index contributed by atoms with van der Waals surface area (Å²) in [6.07, 6.45) is 4.09. The van der Waals surface area contributed by atoms with Crippen LogP contribution in [0.4, 0.5) is 5.69 Å². The van der Waals surface area contributed by atoms with Crippen LogP contribution in [0.25, 0.3) is 0 Å². The molecule has 0 radical (unpaired) electrons. The minimum atomic E-state index is 0.461. The monoisotopic (exact) mass is 232 g/mol. The molecule has 0 bridgehead atoms. The van der Waals surface area contributed by atoms with Crippen LogP contribution in [0.1, 0.15) is 31.4 Å². The lowest BCUT2D eigenvalue weighted by molar-refractivity contribution is 0.577. The van der Waals surface area contributed by atoms with E-state index in [0.29, 0.717) is 6.04 Å². The Labute approximate surface area is 105 Å². The molecule has 0 aliphatic rings. The average molecular weight is 232 g/mol. The van der Waals surface area contributed by atoms with Crippen molar-refractivity contribution in [1.29, 1.82) is 0 Å². The molecule has 0 saturated carbocycles. The first kappa shape index (κ1) is 13.8. The first-order chi connectivity index (χ1) is 8.22. The maximum Gasteiger partial charge on any atom is 0.0363 e. The van der Waals surface area contributed by atoms with Gasteiger partial charge < -0.3 is 10.2 Å². The van der Waals surface area contributed by atoms with Crippen molar-refractivity contribution in [3.63, 3.8) is 0 Å². The van der Waals surface area contributed by atoms with Gasteiger partial charge in [0.25, 0.3) is 0 Å². The molecule has 2 nitrogen and oxygen atoms in total. The molecule has 0 aliphatic heterocycles. The van der Waals surface area contributed by atoms with E-state index < -0.39 is 0 Å². The molecule has 0 heterocycles. The van der Waals surface area contributed by atoms with E-state index in [9.17, 15) is 0 Å². The Morgan fingerprint density at radius 2 is 2.00 bits per heavy atom. The molecule has 17 heavy (non-hydrogen) atoms. The van der Waals surface area contributed by atoms with Crippen molar-refractivity contribution < 1.29 is 0 Å². The van der Waals surface area contributed by atoms with Crippen LogP contribution >= 0.6 is 0 Å². The topological polar surface area (TPSA) is 15.3 Å². The lowest BCUT2D eigenvalue weighted by atomic mass is 10.0. The molecule has 0 amide bonds. The number of hydrogen-bond acceptors (Lipinski definition) is 2. The zero-order valence-electron chi connectivity index (χ0n) is 11.2. The summed E-state index contributed by atoms with van der Waals surface area (Å²) >= 11 is 0. The minimum absolute atomic E-state index is 0.461. The van der Waals surface area contributed by atoms with Crippen LogP contribution in [-0.2, 0) is 0 Å². The molecule has 2 heteroatoms. The van der Waals surface area contributed by atoms with Gasteiger partial charge in [-0.1, -0.05) is 25.1 Å². The standard InChI is InChI=1S/C15H24N2/c1-5-7-12-17(4)14-10-8-13(9-11-14)15(6-2)16-3/h5,8-11,15-16H,1,6-7,12H2,2-4H3. The zero-order valence-corrected chi connectivity index (χ0v) is 11.2. The van der Waals surface area contributed by atoms with E-state index in [1.165, 1.54) is 11.3 Å². The number of rotatable bonds is 7. The van der Waals surface area contributed by atoms with Crippen molar-refractivity contribution in [2.24, 2.45) is 0 Å². The van der Waals surface area contributed by atoms with Crippen LogP contribution in [-0.4, -0.2) is 20.6 Å². The first-order valence-corrected chi connectivity index (χ1v) is 6.32. The van der Waals surface area contributed by atoms with Gasteiger partial charge in [0.2, 0.25) is 0 Å². The lowest BCUT2D eigenvalue weighted by Crippen LogP contribution is -2.18. The largest absolute Gasteiger partial charge is 0.374 e. The normalized spacial score (nSPS) is 12.2. The summed E-state index contributed by atoms with van der Waals surface area (Å²) in [5.41, 5.74) is 2.62. The molecule has 0 aliphatic carbocycles. The van der Waals surface area contributed by atoms with Crippen molar-refractivity contribution in [3.05, 3.63) is 42.5 Å². The molecule has 94 valence electrons. The summed E-state index contributed by atoms with van der Waals surface area (Å²) in [5.74, 6) is 0. The Hall–Kier alpha value is -1.28. The highest BCUT2D eigenvalue weighted by molar-refractivity contribution is 5.47. The van der Waals surface area contributed by atoms with Crippen LogP contribution in [0.5, 0.6) is 0 Å². The van der Waals surface area contributed by atoms with Crippen molar-refractivity contribution >= 4 is 5.69 Å². The second-order valence-electron chi connectivity index (χ2n) is 4.34. The Morgan fingerprint density at radius 3 is 2.47 bits per heavy atom. The van der Waals surface area contributed by atoms with Gasteiger partial charge in [0.1, 0.15) is 0 Å². The molecule has 0 aromatic heterocycles. The first-order valence-electron chi connectivity index (χ1n) is 6.32. The van der Waals surface area contributed by atoms with Crippen LogP contribution in [0.3, 0.4) is 0 Å². The number of nitrogens with one attached hydrogen (secondary N) is 1. The Bertz CT molecular complexity index is 325. The Kier molecular flexibility index (Phi) is 5.78. The van der Waals surface area contributed by atoms with Crippen molar-refractivity contribution in [2.75, 3.05) is 25.5 Å². The van der Waals surface area contributed by atoms with Crippen LogP contribution < -0.4 is 10.2 Å². The van der Waals surface area contributed by atoms with E-state index in [0.717, 1.165) is 19.4 Å². The zero-order chi connectivity index (χ0) is 12.7. The Balaban J connectivity index is 2.69. The Morgan fingerprint density at radius 1 is 1.35 bits per heavy atom. The SMILES string of the molecule is C=CCCN(C)c1ccc(C(CC)NC)cc1. The van der Waals surface area contributed by atoms with Gasteiger partial charge in [-0.15, -0.1) is 6.58 Å². The van der Waals surface area contributed by atoms with Gasteiger partial charge in [-0.25, -0.2) is 0 Å². The van der Waals surface area contributed by atoms with Gasteiger partial charge in [0.15, 0.2) is 0 Å². The van der Waals surface area contributed by atoms with Crippen molar-refractivity contribution in [1.82, 2.24) is 5.32 Å². The summed E-state index contributed by atoms with van der Waals surface area (Å²) in [6.45, 7) is 6.97. The van der Waals surface area contributed by atoms with E-state index in [4.69, 9.17) is 0 Å². The number of anilines is 1. The predicted octanol–water partition coefficient (Wildman–Crippen LogP) is 3.37. The summed E-state index contributed by atoms with van der Waals surface area (Å²) < 4.78 is 0. The molecule has 1 atom stereocenters. The quantitative estimate of drug-likeness (QED) is 0.725. The second kappa shape index (κ2) is 7.13. The van der Waals surface area contributed by atoms with Crippen LogP contribution in [0, 0.1) is 0 Å². The number of nitrogens with zero attached hydrogens (tertiary/aromatic N) is 1. The molecule has 1 N–H and O–H groups in total. The molecule has 1 aromatic carbocycles.